The zero-order valence-electron chi connectivity index (χ0n) is 11.9. The fourth-order valence-electron chi connectivity index (χ4n) is 3.80. The van der Waals surface area contributed by atoms with Crippen molar-refractivity contribution in [2.45, 2.75) is 75.4 Å². The zero-order valence-corrected chi connectivity index (χ0v) is 11.9. The first-order valence-electron chi connectivity index (χ1n) is 8.01. The summed E-state index contributed by atoms with van der Waals surface area (Å²) in [5.74, 6) is -0.139. The van der Waals surface area contributed by atoms with Crippen LogP contribution in [0.2, 0.25) is 0 Å². The van der Waals surface area contributed by atoms with Crippen molar-refractivity contribution in [1.82, 2.24) is 10.2 Å². The summed E-state index contributed by atoms with van der Waals surface area (Å²) in [7, 11) is 0. The molecule has 1 saturated heterocycles. The predicted molar refractivity (Wildman–Crippen MR) is 75.8 cm³/mol. The van der Waals surface area contributed by atoms with Crippen LogP contribution in [0.25, 0.3) is 0 Å². The maximum Gasteiger partial charge on any atom is 0.239 e. The lowest BCUT2D eigenvalue weighted by molar-refractivity contribution is -0.124. The van der Waals surface area contributed by atoms with Crippen LogP contribution >= 0.6 is 0 Å². The van der Waals surface area contributed by atoms with E-state index in [0.717, 1.165) is 25.6 Å². The Morgan fingerprint density at radius 1 is 1.11 bits per heavy atom. The highest BCUT2D eigenvalue weighted by Gasteiger charge is 2.47. The molecule has 4 nitrogen and oxygen atoms in total. The van der Waals surface area contributed by atoms with E-state index in [4.69, 9.17) is 5.73 Å². The molecular weight excluding hydrogens is 238 g/mol. The monoisotopic (exact) mass is 265 g/mol. The van der Waals surface area contributed by atoms with Gasteiger partial charge in [-0.2, -0.15) is 0 Å². The molecule has 0 aromatic heterocycles. The smallest absolute Gasteiger partial charge is 0.239 e. The van der Waals surface area contributed by atoms with Gasteiger partial charge in [0, 0.05) is 25.2 Å². The fourth-order valence-corrected chi connectivity index (χ4v) is 3.80. The van der Waals surface area contributed by atoms with Gasteiger partial charge in [0.25, 0.3) is 0 Å². The van der Waals surface area contributed by atoms with Gasteiger partial charge in [-0.3, -0.25) is 15.0 Å². The second-order valence-electron chi connectivity index (χ2n) is 6.73. The predicted octanol–water partition coefficient (Wildman–Crippen LogP) is 1.39. The van der Waals surface area contributed by atoms with Gasteiger partial charge in [0.15, 0.2) is 0 Å². The third-order valence-electron chi connectivity index (χ3n) is 5.17. The Bertz CT molecular complexity index is 334. The van der Waals surface area contributed by atoms with Gasteiger partial charge in [-0.1, -0.05) is 25.7 Å². The number of carbonyl (C=O) groups excluding carboxylic acids is 1. The first-order valence-corrected chi connectivity index (χ1v) is 8.01. The average Bonchev–Trinajstić information content (AvgIpc) is 3.17. The molecule has 4 heteroatoms. The van der Waals surface area contributed by atoms with E-state index in [2.05, 4.69) is 10.2 Å². The molecule has 3 aliphatic rings. The minimum absolute atomic E-state index is 0.139. The highest BCUT2D eigenvalue weighted by Crippen LogP contribution is 2.34. The van der Waals surface area contributed by atoms with E-state index >= 15 is 0 Å². The Morgan fingerprint density at radius 2 is 1.79 bits per heavy atom. The van der Waals surface area contributed by atoms with Gasteiger partial charge in [-0.15, -0.1) is 0 Å². The van der Waals surface area contributed by atoms with Crippen LogP contribution in [0.3, 0.4) is 0 Å². The Labute approximate surface area is 116 Å². The topological polar surface area (TPSA) is 58.4 Å². The van der Waals surface area contributed by atoms with Gasteiger partial charge in [-0.05, 0) is 32.1 Å². The van der Waals surface area contributed by atoms with Crippen molar-refractivity contribution in [2.75, 3.05) is 13.1 Å². The second kappa shape index (κ2) is 5.41. The summed E-state index contributed by atoms with van der Waals surface area (Å²) in [5, 5.41) is 3.67. The van der Waals surface area contributed by atoms with Crippen LogP contribution in [0.4, 0.5) is 0 Å². The second-order valence-corrected chi connectivity index (χ2v) is 6.73. The maximum atomic E-state index is 12.0. The van der Waals surface area contributed by atoms with Crippen molar-refractivity contribution >= 4 is 5.91 Å². The summed E-state index contributed by atoms with van der Waals surface area (Å²) >= 11 is 0. The summed E-state index contributed by atoms with van der Waals surface area (Å²) in [5.41, 5.74) is 5.30. The van der Waals surface area contributed by atoms with Gasteiger partial charge >= 0.3 is 0 Å². The van der Waals surface area contributed by atoms with Gasteiger partial charge < -0.3 is 5.73 Å². The van der Waals surface area contributed by atoms with Crippen LogP contribution in [-0.2, 0) is 4.79 Å². The van der Waals surface area contributed by atoms with Crippen molar-refractivity contribution < 1.29 is 4.79 Å². The first-order chi connectivity index (χ1) is 9.20. The standard InChI is InChI=1S/C15H27N3O/c16-14(19)15(9-10-18(11-15)13-7-8-13)17-12-5-3-1-2-4-6-12/h12-13,17H,1-11H2,(H2,16,19). The lowest BCUT2D eigenvalue weighted by Gasteiger charge is -2.32. The lowest BCUT2D eigenvalue weighted by atomic mass is 9.94. The Morgan fingerprint density at radius 3 is 2.37 bits per heavy atom. The van der Waals surface area contributed by atoms with E-state index in [9.17, 15) is 4.79 Å². The molecule has 0 bridgehead atoms. The SMILES string of the molecule is NC(=O)C1(NC2CCCCCC2)CCN(C2CC2)C1. The number of hydrogen-bond donors (Lipinski definition) is 2. The van der Waals surface area contributed by atoms with E-state index in [1.165, 1.54) is 51.4 Å². The van der Waals surface area contributed by atoms with Crippen molar-refractivity contribution in [3.05, 3.63) is 0 Å². The van der Waals surface area contributed by atoms with Gasteiger partial charge in [0.2, 0.25) is 5.91 Å². The van der Waals surface area contributed by atoms with Crippen LogP contribution in [0.1, 0.15) is 57.8 Å². The number of hydrogen-bond acceptors (Lipinski definition) is 3. The molecule has 1 heterocycles. The highest BCUT2D eigenvalue weighted by atomic mass is 16.1. The Balaban J connectivity index is 1.64. The summed E-state index contributed by atoms with van der Waals surface area (Å²) in [6.45, 7) is 1.87. The normalized spacial score (nSPS) is 34.3. The van der Waals surface area contributed by atoms with Crippen molar-refractivity contribution in [3.63, 3.8) is 0 Å². The van der Waals surface area contributed by atoms with Crippen LogP contribution in [0, 0.1) is 0 Å². The maximum absolute atomic E-state index is 12.0. The van der Waals surface area contributed by atoms with Crippen LogP contribution < -0.4 is 11.1 Å². The molecule has 3 fully saturated rings. The Hall–Kier alpha value is -0.610. The fraction of sp³-hybridized carbons (Fsp3) is 0.933. The average molecular weight is 265 g/mol. The van der Waals surface area contributed by atoms with E-state index in [1.54, 1.807) is 0 Å². The molecule has 0 radical (unpaired) electrons. The number of primary amides is 1. The van der Waals surface area contributed by atoms with E-state index in [-0.39, 0.29) is 5.91 Å². The minimum Gasteiger partial charge on any atom is -0.368 e. The van der Waals surface area contributed by atoms with Crippen LogP contribution in [0.5, 0.6) is 0 Å². The molecule has 1 amide bonds. The number of nitrogens with zero attached hydrogens (tertiary/aromatic N) is 1. The van der Waals surface area contributed by atoms with Gasteiger partial charge in [0.1, 0.15) is 5.54 Å². The molecule has 0 aromatic rings. The third-order valence-corrected chi connectivity index (χ3v) is 5.17. The van der Waals surface area contributed by atoms with Gasteiger partial charge in [-0.25, -0.2) is 0 Å². The highest BCUT2D eigenvalue weighted by molar-refractivity contribution is 5.85. The largest absolute Gasteiger partial charge is 0.368 e. The zero-order chi connectivity index (χ0) is 13.3. The molecule has 3 N–H and O–H groups in total. The number of carbonyl (C=O) groups is 1. The summed E-state index contributed by atoms with van der Waals surface area (Å²) in [4.78, 5) is 14.5. The molecule has 0 spiro atoms. The molecule has 3 rings (SSSR count). The molecule has 1 aliphatic heterocycles. The summed E-state index contributed by atoms with van der Waals surface area (Å²) in [6.07, 6.45) is 11.2. The van der Waals surface area contributed by atoms with Gasteiger partial charge in [0.05, 0.1) is 0 Å². The quantitative estimate of drug-likeness (QED) is 0.755. The van der Waals surface area contributed by atoms with E-state index in [1.807, 2.05) is 0 Å². The minimum atomic E-state index is -0.447. The lowest BCUT2D eigenvalue weighted by Crippen LogP contribution is -2.60. The molecule has 2 saturated carbocycles. The number of rotatable bonds is 4. The van der Waals surface area contributed by atoms with Crippen molar-refractivity contribution in [3.8, 4) is 0 Å². The Kier molecular flexibility index (Phi) is 3.81. The first kappa shape index (κ1) is 13.4. The molecule has 0 aromatic carbocycles. The number of nitrogens with two attached hydrogens (primary N) is 1. The van der Waals surface area contributed by atoms with Crippen molar-refractivity contribution in [2.24, 2.45) is 5.73 Å². The van der Waals surface area contributed by atoms with Crippen LogP contribution in [0.15, 0.2) is 0 Å². The number of amides is 1. The summed E-state index contributed by atoms with van der Waals surface area (Å²) in [6, 6.07) is 1.23. The molecule has 1 atom stereocenters. The van der Waals surface area contributed by atoms with Crippen molar-refractivity contribution in [1.29, 1.82) is 0 Å². The third kappa shape index (κ3) is 2.95. The van der Waals surface area contributed by atoms with E-state index in [0.29, 0.717) is 6.04 Å². The van der Waals surface area contributed by atoms with E-state index < -0.39 is 5.54 Å². The summed E-state index contributed by atoms with van der Waals surface area (Å²) < 4.78 is 0. The van der Waals surface area contributed by atoms with Crippen LogP contribution in [-0.4, -0.2) is 41.5 Å². The molecule has 19 heavy (non-hydrogen) atoms. The molecule has 1 unspecified atom stereocenters. The molecule has 108 valence electrons. The number of likely N-dealkylation sites (tertiary alicyclic amines) is 1. The molecule has 2 aliphatic carbocycles. The molecular formula is C15H27N3O. The number of nitrogens with one attached hydrogen (secondary N) is 1.